The van der Waals surface area contributed by atoms with Crippen LogP contribution >= 0.6 is 11.6 Å². The SMILES string of the molecule is CC1(C(=O)N2CCN(c3ccccc3)CC2)Oc2ccc(Cl)cc2NC1=O. The molecule has 1 atom stereocenters. The van der Waals surface area contributed by atoms with E-state index in [0.29, 0.717) is 42.6 Å². The third-order valence-corrected chi connectivity index (χ3v) is 5.27. The lowest BCUT2D eigenvalue weighted by Crippen LogP contribution is -2.62. The molecular weight excluding hydrogens is 366 g/mol. The number of benzene rings is 2. The lowest BCUT2D eigenvalue weighted by atomic mass is 10.00. The molecule has 6 nitrogen and oxygen atoms in total. The van der Waals surface area contributed by atoms with Crippen molar-refractivity contribution in [1.82, 2.24) is 4.90 Å². The van der Waals surface area contributed by atoms with Gasteiger partial charge in [0, 0.05) is 36.9 Å². The Balaban J connectivity index is 1.48. The van der Waals surface area contributed by atoms with Crippen LogP contribution in [0.2, 0.25) is 5.02 Å². The maximum atomic E-state index is 13.1. The van der Waals surface area contributed by atoms with Crippen molar-refractivity contribution in [2.75, 3.05) is 36.4 Å². The molecule has 2 heterocycles. The minimum Gasteiger partial charge on any atom is -0.466 e. The van der Waals surface area contributed by atoms with Crippen molar-refractivity contribution in [3.05, 3.63) is 53.6 Å². The van der Waals surface area contributed by atoms with Crippen LogP contribution in [0.1, 0.15) is 6.92 Å². The highest BCUT2D eigenvalue weighted by atomic mass is 35.5. The zero-order valence-corrected chi connectivity index (χ0v) is 15.7. The molecule has 0 radical (unpaired) electrons. The lowest BCUT2D eigenvalue weighted by molar-refractivity contribution is -0.154. The van der Waals surface area contributed by atoms with Crippen LogP contribution in [0, 0.1) is 0 Å². The smallest absolute Gasteiger partial charge is 0.278 e. The second-order valence-electron chi connectivity index (χ2n) is 6.84. The van der Waals surface area contributed by atoms with Gasteiger partial charge in [-0.05, 0) is 37.3 Å². The van der Waals surface area contributed by atoms with Crippen LogP contribution in [0.15, 0.2) is 48.5 Å². The highest BCUT2D eigenvalue weighted by molar-refractivity contribution is 6.31. The number of nitrogens with zero attached hydrogens (tertiary/aromatic N) is 2. The first kappa shape index (κ1) is 17.7. The van der Waals surface area contributed by atoms with Gasteiger partial charge < -0.3 is 19.9 Å². The maximum absolute atomic E-state index is 13.1. The summed E-state index contributed by atoms with van der Waals surface area (Å²) >= 11 is 5.96. The number of anilines is 2. The molecule has 1 fully saturated rings. The number of amides is 2. The van der Waals surface area contributed by atoms with E-state index in [9.17, 15) is 9.59 Å². The summed E-state index contributed by atoms with van der Waals surface area (Å²) in [6.07, 6.45) is 0. The van der Waals surface area contributed by atoms with Crippen molar-refractivity contribution in [1.29, 1.82) is 0 Å². The third kappa shape index (κ3) is 3.21. The summed E-state index contributed by atoms with van der Waals surface area (Å²) in [6.45, 7) is 4.01. The second-order valence-corrected chi connectivity index (χ2v) is 7.28. The number of hydrogen-bond donors (Lipinski definition) is 1. The van der Waals surface area contributed by atoms with Crippen molar-refractivity contribution in [2.24, 2.45) is 0 Å². The van der Waals surface area contributed by atoms with Gasteiger partial charge in [-0.25, -0.2) is 0 Å². The Morgan fingerprint density at radius 1 is 1.11 bits per heavy atom. The number of para-hydroxylation sites is 1. The molecule has 1 unspecified atom stereocenters. The highest BCUT2D eigenvalue weighted by Crippen LogP contribution is 2.36. The summed E-state index contributed by atoms with van der Waals surface area (Å²) in [5.74, 6) is -0.362. The fourth-order valence-electron chi connectivity index (χ4n) is 3.45. The van der Waals surface area contributed by atoms with Gasteiger partial charge in [-0.1, -0.05) is 29.8 Å². The number of piperazine rings is 1. The van der Waals surface area contributed by atoms with E-state index in [2.05, 4.69) is 22.3 Å². The van der Waals surface area contributed by atoms with Gasteiger partial charge in [0.2, 0.25) is 0 Å². The molecule has 7 heteroatoms. The zero-order chi connectivity index (χ0) is 19.0. The quantitative estimate of drug-likeness (QED) is 0.807. The maximum Gasteiger partial charge on any atom is 0.278 e. The molecule has 2 aliphatic rings. The van der Waals surface area contributed by atoms with Crippen molar-refractivity contribution in [3.8, 4) is 5.75 Å². The molecular formula is C20H20ClN3O3. The largest absolute Gasteiger partial charge is 0.466 e. The first-order valence-electron chi connectivity index (χ1n) is 8.87. The number of carbonyl (C=O) groups excluding carboxylic acids is 2. The third-order valence-electron chi connectivity index (χ3n) is 5.03. The van der Waals surface area contributed by atoms with E-state index in [4.69, 9.17) is 16.3 Å². The van der Waals surface area contributed by atoms with Crippen LogP contribution in [0.5, 0.6) is 5.75 Å². The van der Waals surface area contributed by atoms with Gasteiger partial charge in [0.15, 0.2) is 0 Å². The average molecular weight is 386 g/mol. The minimum absolute atomic E-state index is 0.326. The summed E-state index contributed by atoms with van der Waals surface area (Å²) in [6, 6.07) is 15.0. The van der Waals surface area contributed by atoms with Crippen LogP contribution in [0.3, 0.4) is 0 Å². The van der Waals surface area contributed by atoms with Gasteiger partial charge in [-0.2, -0.15) is 0 Å². The number of ether oxygens (including phenoxy) is 1. The Bertz CT molecular complexity index is 881. The predicted octanol–water partition coefficient (Wildman–Crippen LogP) is 2.78. The second kappa shape index (κ2) is 6.78. The number of carbonyl (C=O) groups is 2. The molecule has 0 aliphatic carbocycles. The summed E-state index contributed by atoms with van der Waals surface area (Å²) in [4.78, 5) is 29.6. The molecule has 0 saturated carbocycles. The Morgan fingerprint density at radius 3 is 2.52 bits per heavy atom. The predicted molar refractivity (Wildman–Crippen MR) is 104 cm³/mol. The molecule has 2 amide bonds. The van der Waals surface area contributed by atoms with Crippen LogP contribution in [-0.2, 0) is 9.59 Å². The first-order chi connectivity index (χ1) is 13.0. The number of rotatable bonds is 2. The molecule has 27 heavy (non-hydrogen) atoms. The van der Waals surface area contributed by atoms with Gasteiger partial charge in [0.1, 0.15) is 5.75 Å². The van der Waals surface area contributed by atoms with Crippen molar-refractivity contribution in [2.45, 2.75) is 12.5 Å². The minimum atomic E-state index is -1.59. The van der Waals surface area contributed by atoms with Gasteiger partial charge in [-0.15, -0.1) is 0 Å². The summed E-state index contributed by atoms with van der Waals surface area (Å²) < 4.78 is 5.84. The van der Waals surface area contributed by atoms with Gasteiger partial charge in [-0.3, -0.25) is 9.59 Å². The zero-order valence-electron chi connectivity index (χ0n) is 14.9. The van der Waals surface area contributed by atoms with Gasteiger partial charge in [0.05, 0.1) is 5.69 Å². The van der Waals surface area contributed by atoms with E-state index in [1.165, 1.54) is 6.92 Å². The van der Waals surface area contributed by atoms with E-state index in [1.807, 2.05) is 18.2 Å². The summed E-state index contributed by atoms with van der Waals surface area (Å²) in [7, 11) is 0. The molecule has 4 rings (SSSR count). The number of fused-ring (bicyclic) bond motifs is 1. The first-order valence-corrected chi connectivity index (χ1v) is 9.24. The van der Waals surface area contributed by atoms with Crippen LogP contribution in [-0.4, -0.2) is 48.5 Å². The number of hydrogen-bond acceptors (Lipinski definition) is 4. The van der Waals surface area contributed by atoms with Gasteiger partial charge >= 0.3 is 0 Å². The molecule has 0 aromatic heterocycles. The molecule has 2 aromatic carbocycles. The fraction of sp³-hybridized carbons (Fsp3) is 0.300. The Kier molecular flexibility index (Phi) is 4.44. The molecule has 0 spiro atoms. The highest BCUT2D eigenvalue weighted by Gasteiger charge is 2.49. The Morgan fingerprint density at radius 2 is 1.81 bits per heavy atom. The van der Waals surface area contributed by atoms with E-state index >= 15 is 0 Å². The van der Waals surface area contributed by atoms with Crippen LogP contribution in [0.4, 0.5) is 11.4 Å². The Hall–Kier alpha value is -2.73. The monoisotopic (exact) mass is 385 g/mol. The fourth-order valence-corrected chi connectivity index (χ4v) is 3.62. The van der Waals surface area contributed by atoms with Crippen molar-refractivity contribution >= 4 is 34.8 Å². The van der Waals surface area contributed by atoms with E-state index in [0.717, 1.165) is 5.69 Å². The van der Waals surface area contributed by atoms with Crippen molar-refractivity contribution in [3.63, 3.8) is 0 Å². The summed E-state index contributed by atoms with van der Waals surface area (Å²) in [5, 5.41) is 3.23. The van der Waals surface area contributed by atoms with Crippen LogP contribution in [0.25, 0.3) is 0 Å². The number of halogens is 1. The normalized spacial score (nSPS) is 21.9. The van der Waals surface area contributed by atoms with E-state index in [-0.39, 0.29) is 5.91 Å². The standard InChI is InChI=1S/C20H20ClN3O3/c1-20(18(25)22-16-13-14(21)7-8-17(16)27-20)19(26)24-11-9-23(10-12-24)15-5-3-2-4-6-15/h2-8,13H,9-12H2,1H3,(H,22,25). The average Bonchev–Trinajstić information content (AvgIpc) is 2.69. The number of nitrogens with one attached hydrogen (secondary N) is 1. The van der Waals surface area contributed by atoms with Crippen LogP contribution < -0.4 is 15.0 Å². The molecule has 2 aromatic rings. The van der Waals surface area contributed by atoms with Gasteiger partial charge in [0.25, 0.3) is 17.4 Å². The Labute approximate surface area is 162 Å². The molecule has 1 N–H and O–H groups in total. The van der Waals surface area contributed by atoms with Crippen molar-refractivity contribution < 1.29 is 14.3 Å². The van der Waals surface area contributed by atoms with E-state index in [1.54, 1.807) is 23.1 Å². The molecule has 2 aliphatic heterocycles. The topological polar surface area (TPSA) is 61.9 Å². The summed E-state index contributed by atoms with van der Waals surface area (Å²) in [5.41, 5.74) is 0.0235. The molecule has 0 bridgehead atoms. The molecule has 1 saturated heterocycles. The lowest BCUT2D eigenvalue weighted by Gasteiger charge is -2.41. The van der Waals surface area contributed by atoms with E-state index < -0.39 is 11.5 Å². The molecule has 140 valence electrons.